The van der Waals surface area contributed by atoms with E-state index >= 15 is 0 Å². The van der Waals surface area contributed by atoms with Crippen molar-refractivity contribution < 1.29 is 19.0 Å². The van der Waals surface area contributed by atoms with E-state index in [1.165, 1.54) is 0 Å². The quantitative estimate of drug-likeness (QED) is 0.246. The van der Waals surface area contributed by atoms with Gasteiger partial charge in [0.1, 0.15) is 5.75 Å². The van der Waals surface area contributed by atoms with Crippen molar-refractivity contribution in [2.45, 2.75) is 46.8 Å². The number of hydrogen-bond donors (Lipinski definition) is 2. The molecule has 158 valence electrons. The Hall–Kier alpha value is -2.28. The fraction of sp³-hybridized carbons (Fsp3) is 0.619. The monoisotopic (exact) mass is 393 g/mol. The predicted octanol–water partition coefficient (Wildman–Crippen LogP) is 2.74. The fourth-order valence-corrected chi connectivity index (χ4v) is 2.28. The lowest BCUT2D eigenvalue weighted by atomic mass is 10.2. The topological polar surface area (TPSA) is 81.2 Å². The highest BCUT2D eigenvalue weighted by molar-refractivity contribution is 5.80. The largest absolute Gasteiger partial charge is 0.497 e. The minimum atomic E-state index is -0.265. The van der Waals surface area contributed by atoms with E-state index in [0.29, 0.717) is 32.3 Å². The Labute approximate surface area is 168 Å². The third-order valence-electron chi connectivity index (χ3n) is 3.87. The second-order valence-electron chi connectivity index (χ2n) is 6.76. The molecule has 1 unspecified atom stereocenters. The maximum Gasteiger partial charge on any atom is 0.310 e. The molecule has 1 aromatic carbocycles. The van der Waals surface area contributed by atoms with Crippen LogP contribution in [0.25, 0.3) is 0 Å². The van der Waals surface area contributed by atoms with Crippen LogP contribution in [0.2, 0.25) is 0 Å². The van der Waals surface area contributed by atoms with E-state index in [1.54, 1.807) is 7.11 Å². The van der Waals surface area contributed by atoms with Crippen molar-refractivity contribution in [3.63, 3.8) is 0 Å². The lowest BCUT2D eigenvalue weighted by molar-refractivity contribution is -0.151. The standard InChI is InChI=1S/C21H35N3O4/c1-6-27-13-7-12-22-21(23-14-17(4)20(25)28-16(2)3)24-15-18-8-10-19(26-5)11-9-18/h8-11,16-17H,6-7,12-15H2,1-5H3,(H2,22,23,24). The molecular formula is C21H35N3O4. The number of methoxy groups -OCH3 is 1. The Morgan fingerprint density at radius 2 is 1.86 bits per heavy atom. The predicted molar refractivity (Wildman–Crippen MR) is 112 cm³/mol. The van der Waals surface area contributed by atoms with Gasteiger partial charge in [-0.3, -0.25) is 4.79 Å². The molecule has 0 fully saturated rings. The number of esters is 1. The van der Waals surface area contributed by atoms with Crippen LogP contribution in [0.3, 0.4) is 0 Å². The zero-order valence-electron chi connectivity index (χ0n) is 17.8. The van der Waals surface area contributed by atoms with Crippen LogP contribution in [0.15, 0.2) is 29.3 Å². The molecule has 0 radical (unpaired) electrons. The summed E-state index contributed by atoms with van der Waals surface area (Å²) in [4.78, 5) is 16.6. The minimum Gasteiger partial charge on any atom is -0.497 e. The highest BCUT2D eigenvalue weighted by Crippen LogP contribution is 2.11. The van der Waals surface area contributed by atoms with E-state index in [1.807, 2.05) is 52.0 Å². The molecule has 0 amide bonds. The molecule has 0 spiro atoms. The molecule has 28 heavy (non-hydrogen) atoms. The summed E-state index contributed by atoms with van der Waals surface area (Å²) in [6.07, 6.45) is 0.761. The SMILES string of the molecule is CCOCCCNC(=NCc1ccc(OC)cc1)NCC(C)C(=O)OC(C)C. The number of carbonyl (C=O) groups is 1. The highest BCUT2D eigenvalue weighted by Gasteiger charge is 2.16. The zero-order chi connectivity index (χ0) is 20.8. The number of guanidine groups is 1. The molecule has 1 atom stereocenters. The molecule has 0 aliphatic heterocycles. The first-order chi connectivity index (χ1) is 13.5. The lowest BCUT2D eigenvalue weighted by Crippen LogP contribution is -2.41. The number of carbonyl (C=O) groups excluding carboxylic acids is 1. The molecule has 0 heterocycles. The summed E-state index contributed by atoms with van der Waals surface area (Å²) in [5, 5.41) is 6.52. The van der Waals surface area contributed by atoms with Gasteiger partial charge in [0.25, 0.3) is 0 Å². The molecule has 1 rings (SSSR count). The van der Waals surface area contributed by atoms with Crippen molar-refractivity contribution in [1.29, 1.82) is 0 Å². The van der Waals surface area contributed by atoms with Gasteiger partial charge in [-0.15, -0.1) is 0 Å². The van der Waals surface area contributed by atoms with E-state index in [2.05, 4.69) is 15.6 Å². The van der Waals surface area contributed by atoms with Gasteiger partial charge in [0, 0.05) is 26.3 Å². The number of benzene rings is 1. The second kappa shape index (κ2) is 13.8. The van der Waals surface area contributed by atoms with Crippen LogP contribution in [0.1, 0.15) is 39.7 Å². The molecule has 7 heteroatoms. The molecule has 0 aromatic heterocycles. The number of nitrogens with zero attached hydrogens (tertiary/aromatic N) is 1. The molecule has 0 saturated heterocycles. The average molecular weight is 394 g/mol. The summed E-state index contributed by atoms with van der Waals surface area (Å²) >= 11 is 0. The third-order valence-corrected chi connectivity index (χ3v) is 3.87. The van der Waals surface area contributed by atoms with Crippen LogP contribution in [-0.4, -0.2) is 51.4 Å². The van der Waals surface area contributed by atoms with Crippen molar-refractivity contribution in [2.24, 2.45) is 10.9 Å². The summed E-state index contributed by atoms with van der Waals surface area (Å²) < 4.78 is 15.8. The van der Waals surface area contributed by atoms with Crippen molar-refractivity contribution in [3.8, 4) is 5.75 Å². The van der Waals surface area contributed by atoms with Crippen LogP contribution in [0.4, 0.5) is 0 Å². The van der Waals surface area contributed by atoms with Crippen LogP contribution in [0, 0.1) is 5.92 Å². The fourth-order valence-electron chi connectivity index (χ4n) is 2.28. The highest BCUT2D eigenvalue weighted by atomic mass is 16.5. The van der Waals surface area contributed by atoms with Gasteiger partial charge >= 0.3 is 5.97 Å². The molecule has 7 nitrogen and oxygen atoms in total. The number of aliphatic imine (C=N–C) groups is 1. The van der Waals surface area contributed by atoms with Crippen LogP contribution in [-0.2, 0) is 20.8 Å². The summed E-state index contributed by atoms with van der Waals surface area (Å²) in [6, 6.07) is 7.80. The normalized spacial score (nSPS) is 12.6. The summed E-state index contributed by atoms with van der Waals surface area (Å²) in [5.74, 6) is 1.00. The van der Waals surface area contributed by atoms with Gasteiger partial charge in [-0.05, 0) is 44.9 Å². The third kappa shape index (κ3) is 10.2. The second-order valence-corrected chi connectivity index (χ2v) is 6.76. The van der Waals surface area contributed by atoms with Crippen LogP contribution < -0.4 is 15.4 Å². The number of rotatable bonds is 12. The van der Waals surface area contributed by atoms with Crippen LogP contribution >= 0.6 is 0 Å². The van der Waals surface area contributed by atoms with Gasteiger partial charge in [0.15, 0.2) is 5.96 Å². The van der Waals surface area contributed by atoms with Crippen molar-refractivity contribution in [2.75, 3.05) is 33.4 Å². The summed E-state index contributed by atoms with van der Waals surface area (Å²) in [6.45, 7) is 10.6. The van der Waals surface area contributed by atoms with Gasteiger partial charge in [0.2, 0.25) is 0 Å². The lowest BCUT2D eigenvalue weighted by Gasteiger charge is -2.17. The molecule has 2 N–H and O–H groups in total. The van der Waals surface area contributed by atoms with Gasteiger partial charge in [-0.25, -0.2) is 4.99 Å². The van der Waals surface area contributed by atoms with Gasteiger partial charge in [-0.2, -0.15) is 0 Å². The van der Waals surface area contributed by atoms with Crippen molar-refractivity contribution >= 4 is 11.9 Å². The zero-order valence-corrected chi connectivity index (χ0v) is 17.8. The Kier molecular flexibility index (Phi) is 11.7. The molecular weight excluding hydrogens is 358 g/mol. The van der Waals surface area contributed by atoms with E-state index < -0.39 is 0 Å². The number of hydrogen-bond acceptors (Lipinski definition) is 5. The van der Waals surface area contributed by atoms with E-state index in [9.17, 15) is 4.79 Å². The Morgan fingerprint density at radius 1 is 1.14 bits per heavy atom. The summed E-state index contributed by atoms with van der Waals surface area (Å²) in [5.41, 5.74) is 1.07. The smallest absolute Gasteiger partial charge is 0.310 e. The Bertz CT molecular complexity index is 588. The van der Waals surface area contributed by atoms with Gasteiger partial charge < -0.3 is 24.8 Å². The van der Waals surface area contributed by atoms with E-state index in [-0.39, 0.29) is 18.0 Å². The van der Waals surface area contributed by atoms with Gasteiger partial charge in [0.05, 0.1) is 25.7 Å². The maximum atomic E-state index is 12.0. The molecule has 0 bridgehead atoms. The van der Waals surface area contributed by atoms with Crippen molar-refractivity contribution in [1.82, 2.24) is 10.6 Å². The van der Waals surface area contributed by atoms with E-state index in [0.717, 1.165) is 24.3 Å². The van der Waals surface area contributed by atoms with Crippen LogP contribution in [0.5, 0.6) is 5.75 Å². The number of ether oxygens (including phenoxy) is 3. The molecule has 1 aromatic rings. The first-order valence-corrected chi connectivity index (χ1v) is 9.89. The molecule has 0 aliphatic carbocycles. The first-order valence-electron chi connectivity index (χ1n) is 9.89. The number of nitrogens with one attached hydrogen (secondary N) is 2. The average Bonchev–Trinajstić information content (AvgIpc) is 2.68. The van der Waals surface area contributed by atoms with Gasteiger partial charge in [-0.1, -0.05) is 19.1 Å². The Morgan fingerprint density at radius 3 is 2.46 bits per heavy atom. The molecule has 0 saturated carbocycles. The Balaban J connectivity index is 2.61. The van der Waals surface area contributed by atoms with Crippen molar-refractivity contribution in [3.05, 3.63) is 29.8 Å². The maximum absolute atomic E-state index is 12.0. The summed E-state index contributed by atoms with van der Waals surface area (Å²) in [7, 11) is 1.65. The minimum absolute atomic E-state index is 0.116. The van der Waals surface area contributed by atoms with E-state index in [4.69, 9.17) is 14.2 Å². The first kappa shape index (κ1) is 23.8. The molecule has 0 aliphatic rings.